The maximum Gasteiger partial charge on any atom is 0.224 e. The number of rotatable bonds is 4. The molecule has 2 aliphatic rings. The van der Waals surface area contributed by atoms with E-state index in [4.69, 9.17) is 16.3 Å². The summed E-state index contributed by atoms with van der Waals surface area (Å²) in [6.45, 7) is 4.03. The lowest BCUT2D eigenvalue weighted by Gasteiger charge is -2.38. The predicted molar refractivity (Wildman–Crippen MR) is 99.6 cm³/mol. The summed E-state index contributed by atoms with van der Waals surface area (Å²) in [4.78, 5) is 13.4. The van der Waals surface area contributed by atoms with Gasteiger partial charge in [0.25, 0.3) is 0 Å². The van der Waals surface area contributed by atoms with Gasteiger partial charge in [0, 0.05) is 38.3 Å². The number of aromatic nitrogens is 2. The lowest BCUT2D eigenvalue weighted by Crippen LogP contribution is -2.50. The Morgan fingerprint density at radius 1 is 1.04 bits per heavy atom. The van der Waals surface area contributed by atoms with Gasteiger partial charge in [-0.15, -0.1) is 0 Å². The Kier molecular flexibility index (Phi) is 5.22. The third kappa shape index (κ3) is 3.91. The van der Waals surface area contributed by atoms with Gasteiger partial charge in [-0.2, -0.15) is 0 Å². The molecule has 0 radical (unpaired) electrons. The molecule has 1 aromatic heterocycles. The van der Waals surface area contributed by atoms with E-state index in [0.717, 1.165) is 38.0 Å². The molecule has 0 unspecified atom stereocenters. The van der Waals surface area contributed by atoms with Crippen molar-refractivity contribution in [1.29, 1.82) is 0 Å². The molecule has 1 aliphatic carbocycles. The smallest absolute Gasteiger partial charge is 0.224 e. The van der Waals surface area contributed by atoms with Crippen molar-refractivity contribution >= 4 is 17.4 Å². The van der Waals surface area contributed by atoms with Crippen LogP contribution in [0.15, 0.2) is 30.6 Å². The van der Waals surface area contributed by atoms with Gasteiger partial charge >= 0.3 is 0 Å². The Labute approximate surface area is 157 Å². The fourth-order valence-corrected chi connectivity index (χ4v) is 4.02. The minimum Gasteiger partial charge on any atom is -0.437 e. The van der Waals surface area contributed by atoms with Crippen molar-refractivity contribution in [1.82, 2.24) is 14.9 Å². The lowest BCUT2D eigenvalue weighted by molar-refractivity contribution is 0.187. The van der Waals surface area contributed by atoms with Crippen LogP contribution in [0.3, 0.4) is 0 Å². The number of hydrogen-bond donors (Lipinski definition) is 0. The lowest BCUT2D eigenvalue weighted by atomic mass is 10.2. The van der Waals surface area contributed by atoms with Crippen LogP contribution < -0.4 is 9.64 Å². The molecule has 1 saturated carbocycles. The van der Waals surface area contributed by atoms with Crippen molar-refractivity contribution in [2.24, 2.45) is 0 Å². The number of piperazine rings is 1. The van der Waals surface area contributed by atoms with E-state index in [1.165, 1.54) is 50.2 Å². The number of benzene rings is 1. The molecule has 4 rings (SSSR count). The molecule has 2 fully saturated rings. The van der Waals surface area contributed by atoms with Gasteiger partial charge < -0.3 is 9.64 Å². The van der Waals surface area contributed by atoms with Gasteiger partial charge in [0.15, 0.2) is 0 Å². The Hall–Kier alpha value is -1.92. The predicted octanol–water partition coefficient (Wildman–Crippen LogP) is 4.13. The molecule has 0 amide bonds. The Morgan fingerprint density at radius 3 is 2.54 bits per heavy atom. The molecule has 2 heterocycles. The first kappa shape index (κ1) is 17.5. The molecular formula is C19H22ClFN4O. The molecule has 5 nitrogen and oxygen atoms in total. The summed E-state index contributed by atoms with van der Waals surface area (Å²) >= 11 is 6.02. The van der Waals surface area contributed by atoms with Gasteiger partial charge in [0.2, 0.25) is 5.88 Å². The molecule has 1 aromatic carbocycles. The van der Waals surface area contributed by atoms with Crippen molar-refractivity contribution in [3.05, 3.63) is 41.4 Å². The second-order valence-electron chi connectivity index (χ2n) is 6.85. The van der Waals surface area contributed by atoms with Crippen LogP contribution in [0, 0.1) is 5.82 Å². The maximum absolute atomic E-state index is 13.2. The van der Waals surface area contributed by atoms with Crippen LogP contribution in [0.25, 0.3) is 0 Å². The Morgan fingerprint density at radius 2 is 1.81 bits per heavy atom. The van der Waals surface area contributed by atoms with Crippen LogP contribution >= 0.6 is 11.6 Å². The first-order valence-electron chi connectivity index (χ1n) is 9.13. The van der Waals surface area contributed by atoms with E-state index < -0.39 is 5.82 Å². The van der Waals surface area contributed by atoms with E-state index in [9.17, 15) is 4.39 Å². The molecule has 1 aliphatic heterocycles. The molecule has 26 heavy (non-hydrogen) atoms. The second-order valence-corrected chi connectivity index (χ2v) is 7.26. The standard InChI is InChI=1S/C19H22ClFN4O/c20-16-11-14(21)5-6-17(16)26-19-12-18(22-13-23-19)25-9-7-24(8-10-25)15-3-1-2-4-15/h5-6,11-13,15H,1-4,7-10H2. The van der Waals surface area contributed by atoms with Crippen molar-refractivity contribution in [2.75, 3.05) is 31.1 Å². The molecule has 0 N–H and O–H groups in total. The highest BCUT2D eigenvalue weighted by atomic mass is 35.5. The van der Waals surface area contributed by atoms with Crippen LogP contribution in [-0.4, -0.2) is 47.1 Å². The third-order valence-corrected chi connectivity index (χ3v) is 5.51. The topological polar surface area (TPSA) is 41.5 Å². The SMILES string of the molecule is Fc1ccc(Oc2cc(N3CCN(C4CCCC4)CC3)ncn2)c(Cl)c1. The van der Waals surface area contributed by atoms with Gasteiger partial charge in [-0.1, -0.05) is 24.4 Å². The van der Waals surface area contributed by atoms with Crippen LogP contribution in [-0.2, 0) is 0 Å². The van der Waals surface area contributed by atoms with E-state index in [1.54, 1.807) is 0 Å². The number of anilines is 1. The maximum atomic E-state index is 13.2. The minimum absolute atomic E-state index is 0.218. The fourth-order valence-electron chi connectivity index (χ4n) is 3.81. The van der Waals surface area contributed by atoms with Gasteiger partial charge in [-0.25, -0.2) is 14.4 Å². The van der Waals surface area contributed by atoms with Gasteiger partial charge in [-0.05, 0) is 31.0 Å². The molecule has 2 aromatic rings. The van der Waals surface area contributed by atoms with Crippen LogP contribution in [0.1, 0.15) is 25.7 Å². The summed E-state index contributed by atoms with van der Waals surface area (Å²) < 4.78 is 18.9. The third-order valence-electron chi connectivity index (χ3n) is 5.22. The van der Waals surface area contributed by atoms with E-state index in [2.05, 4.69) is 19.8 Å². The first-order chi connectivity index (χ1) is 12.7. The molecule has 138 valence electrons. The van der Waals surface area contributed by atoms with Crippen molar-refractivity contribution < 1.29 is 9.13 Å². The molecular weight excluding hydrogens is 355 g/mol. The van der Waals surface area contributed by atoms with Crippen LogP contribution in [0.4, 0.5) is 10.2 Å². The van der Waals surface area contributed by atoms with Crippen LogP contribution in [0.2, 0.25) is 5.02 Å². The Balaban J connectivity index is 1.41. The highest BCUT2D eigenvalue weighted by Crippen LogP contribution is 2.30. The summed E-state index contributed by atoms with van der Waals surface area (Å²) in [5, 5.41) is 0.218. The highest BCUT2D eigenvalue weighted by molar-refractivity contribution is 6.32. The van der Waals surface area contributed by atoms with Gasteiger partial charge in [0.1, 0.15) is 23.7 Å². The summed E-state index contributed by atoms with van der Waals surface area (Å²) in [6.07, 6.45) is 6.89. The largest absolute Gasteiger partial charge is 0.437 e. The first-order valence-corrected chi connectivity index (χ1v) is 9.51. The number of nitrogens with zero attached hydrogens (tertiary/aromatic N) is 4. The zero-order valence-corrected chi connectivity index (χ0v) is 15.3. The summed E-state index contributed by atoms with van der Waals surface area (Å²) in [5.41, 5.74) is 0. The van der Waals surface area contributed by atoms with Gasteiger partial charge in [0.05, 0.1) is 5.02 Å². The number of ether oxygens (including phenoxy) is 1. The molecule has 0 spiro atoms. The normalized spacial score (nSPS) is 19.1. The van der Waals surface area contributed by atoms with E-state index >= 15 is 0 Å². The quantitative estimate of drug-likeness (QED) is 0.802. The highest BCUT2D eigenvalue weighted by Gasteiger charge is 2.26. The average molecular weight is 377 g/mol. The van der Waals surface area contributed by atoms with Crippen molar-refractivity contribution in [2.45, 2.75) is 31.7 Å². The monoisotopic (exact) mass is 376 g/mol. The molecule has 7 heteroatoms. The van der Waals surface area contributed by atoms with Crippen molar-refractivity contribution in [3.63, 3.8) is 0 Å². The summed E-state index contributed by atoms with van der Waals surface area (Å²) in [6, 6.07) is 6.61. The summed E-state index contributed by atoms with van der Waals surface area (Å²) in [7, 11) is 0. The minimum atomic E-state index is -0.397. The Bertz CT molecular complexity index is 761. The molecule has 0 bridgehead atoms. The fraction of sp³-hybridized carbons (Fsp3) is 0.474. The van der Waals surface area contributed by atoms with Gasteiger partial charge in [-0.3, -0.25) is 4.90 Å². The second kappa shape index (κ2) is 7.76. The zero-order valence-electron chi connectivity index (χ0n) is 14.6. The zero-order chi connectivity index (χ0) is 17.9. The van der Waals surface area contributed by atoms with Crippen LogP contribution in [0.5, 0.6) is 11.6 Å². The summed E-state index contributed by atoms with van der Waals surface area (Å²) in [5.74, 6) is 1.23. The van der Waals surface area contributed by atoms with E-state index in [0.29, 0.717) is 11.6 Å². The number of hydrogen-bond acceptors (Lipinski definition) is 5. The molecule has 1 saturated heterocycles. The van der Waals surface area contributed by atoms with E-state index in [1.807, 2.05) is 6.07 Å². The molecule has 0 atom stereocenters. The van der Waals surface area contributed by atoms with Crippen molar-refractivity contribution in [3.8, 4) is 11.6 Å². The number of halogens is 2. The van der Waals surface area contributed by atoms with E-state index in [-0.39, 0.29) is 5.02 Å². The average Bonchev–Trinajstić information content (AvgIpc) is 3.19.